The summed E-state index contributed by atoms with van der Waals surface area (Å²) >= 11 is 15.7. The van der Waals surface area contributed by atoms with Crippen molar-refractivity contribution < 1.29 is 9.90 Å². The zero-order valence-electron chi connectivity index (χ0n) is 15.5. The van der Waals surface area contributed by atoms with Gasteiger partial charge in [-0.05, 0) is 29.8 Å². The second kappa shape index (κ2) is 8.66. The molecule has 29 heavy (non-hydrogen) atoms. The first kappa shape index (κ1) is 20.7. The molecular weight excluding hydrogens is 477 g/mol. The Balaban J connectivity index is 1.48. The predicted molar refractivity (Wildman–Crippen MR) is 120 cm³/mol. The number of carboxylic acid groups (broad SMARTS) is 1. The molecule has 5 nitrogen and oxygen atoms in total. The quantitative estimate of drug-likeness (QED) is 0.510. The number of hydrogen-bond donors (Lipinski definition) is 2. The zero-order valence-corrected chi connectivity index (χ0v) is 18.6. The van der Waals surface area contributed by atoms with Gasteiger partial charge >= 0.3 is 5.97 Å². The molecule has 0 saturated carbocycles. The van der Waals surface area contributed by atoms with Gasteiger partial charge in [-0.25, -0.2) is 0 Å². The molecule has 1 aliphatic rings. The van der Waals surface area contributed by atoms with Crippen LogP contribution >= 0.6 is 39.1 Å². The summed E-state index contributed by atoms with van der Waals surface area (Å²) in [6.45, 7) is 3.62. The van der Waals surface area contributed by atoms with E-state index in [1.807, 2.05) is 41.4 Å². The van der Waals surface area contributed by atoms with Gasteiger partial charge in [0.25, 0.3) is 0 Å². The van der Waals surface area contributed by atoms with Gasteiger partial charge in [-0.1, -0.05) is 51.3 Å². The van der Waals surface area contributed by atoms with E-state index < -0.39 is 12.0 Å². The minimum absolute atomic E-state index is 0.624. The largest absolute Gasteiger partial charge is 0.480 e. The highest BCUT2D eigenvalue weighted by atomic mass is 79.9. The van der Waals surface area contributed by atoms with Crippen molar-refractivity contribution in [2.24, 2.45) is 0 Å². The number of H-pyrrole nitrogens is 1. The molecule has 1 aliphatic heterocycles. The summed E-state index contributed by atoms with van der Waals surface area (Å²) in [7, 11) is 0. The lowest BCUT2D eigenvalue weighted by Crippen LogP contribution is -2.48. The highest BCUT2D eigenvalue weighted by Gasteiger charge is 2.32. The van der Waals surface area contributed by atoms with Crippen LogP contribution in [0.1, 0.15) is 17.2 Å². The summed E-state index contributed by atoms with van der Waals surface area (Å²) in [5.74, 6) is -0.831. The number of halogens is 3. The van der Waals surface area contributed by atoms with Gasteiger partial charge in [-0.15, -0.1) is 0 Å². The fourth-order valence-corrected chi connectivity index (χ4v) is 4.73. The lowest BCUT2D eigenvalue weighted by atomic mass is 10.0. The van der Waals surface area contributed by atoms with Crippen molar-refractivity contribution >= 4 is 56.0 Å². The molecule has 8 heteroatoms. The molecule has 3 aromatic rings. The van der Waals surface area contributed by atoms with Crippen molar-refractivity contribution in [2.45, 2.75) is 12.6 Å². The maximum atomic E-state index is 12.1. The molecule has 0 radical (unpaired) electrons. The second-order valence-electron chi connectivity index (χ2n) is 7.22. The fourth-order valence-electron chi connectivity index (χ4n) is 3.90. The zero-order chi connectivity index (χ0) is 20.5. The van der Waals surface area contributed by atoms with Crippen LogP contribution in [0.15, 0.2) is 47.1 Å². The number of carbonyl (C=O) groups is 1. The van der Waals surface area contributed by atoms with Gasteiger partial charge in [0.15, 0.2) is 0 Å². The molecule has 1 unspecified atom stereocenters. The molecule has 1 atom stereocenters. The molecule has 4 rings (SSSR count). The number of nitrogens with zero attached hydrogens (tertiary/aromatic N) is 2. The molecule has 2 heterocycles. The van der Waals surface area contributed by atoms with Crippen molar-refractivity contribution in [3.63, 3.8) is 0 Å². The molecule has 1 saturated heterocycles. The predicted octanol–water partition coefficient (Wildman–Crippen LogP) is 5.18. The Morgan fingerprint density at radius 3 is 2.59 bits per heavy atom. The van der Waals surface area contributed by atoms with Crippen molar-refractivity contribution in [1.82, 2.24) is 14.8 Å². The smallest absolute Gasteiger partial charge is 0.325 e. The Labute approximate surface area is 187 Å². The number of aliphatic carboxylic acids is 1. The summed E-state index contributed by atoms with van der Waals surface area (Å²) in [4.78, 5) is 19.7. The van der Waals surface area contributed by atoms with Gasteiger partial charge < -0.3 is 10.1 Å². The van der Waals surface area contributed by atoms with Crippen LogP contribution in [0.25, 0.3) is 10.9 Å². The third kappa shape index (κ3) is 4.47. The monoisotopic (exact) mass is 495 g/mol. The van der Waals surface area contributed by atoms with Crippen molar-refractivity contribution in [2.75, 3.05) is 26.2 Å². The highest BCUT2D eigenvalue weighted by molar-refractivity contribution is 9.10. The van der Waals surface area contributed by atoms with Crippen LogP contribution < -0.4 is 0 Å². The Morgan fingerprint density at radius 1 is 1.14 bits per heavy atom. The minimum Gasteiger partial charge on any atom is -0.480 e. The van der Waals surface area contributed by atoms with E-state index in [-0.39, 0.29) is 0 Å². The van der Waals surface area contributed by atoms with Crippen molar-refractivity contribution in [3.8, 4) is 0 Å². The molecule has 2 aromatic carbocycles. The van der Waals surface area contributed by atoms with Gasteiger partial charge in [0.05, 0.1) is 0 Å². The highest BCUT2D eigenvalue weighted by Crippen LogP contribution is 2.31. The Kier molecular flexibility index (Phi) is 6.18. The average Bonchev–Trinajstić information content (AvgIpc) is 3.08. The van der Waals surface area contributed by atoms with Gasteiger partial charge in [0, 0.05) is 69.9 Å². The molecule has 0 spiro atoms. The van der Waals surface area contributed by atoms with E-state index in [0.717, 1.165) is 46.1 Å². The number of nitrogens with one attached hydrogen (secondary N) is 1. The summed E-state index contributed by atoms with van der Waals surface area (Å²) < 4.78 is 0.958. The van der Waals surface area contributed by atoms with E-state index in [0.29, 0.717) is 23.1 Å². The van der Waals surface area contributed by atoms with E-state index in [9.17, 15) is 9.90 Å². The number of hydrogen-bond acceptors (Lipinski definition) is 3. The normalized spacial score (nSPS) is 16.9. The molecule has 1 fully saturated rings. The number of aromatic nitrogens is 1. The van der Waals surface area contributed by atoms with Gasteiger partial charge in [-0.3, -0.25) is 14.6 Å². The molecule has 2 N–H and O–H groups in total. The number of benzene rings is 2. The van der Waals surface area contributed by atoms with Crippen LogP contribution in [0.2, 0.25) is 10.0 Å². The number of piperazine rings is 1. The molecule has 1 aromatic heterocycles. The van der Waals surface area contributed by atoms with Gasteiger partial charge in [-0.2, -0.15) is 0 Å². The Hall–Kier alpha value is -1.57. The van der Waals surface area contributed by atoms with E-state index >= 15 is 0 Å². The van der Waals surface area contributed by atoms with E-state index in [1.165, 1.54) is 0 Å². The molecule has 0 amide bonds. The van der Waals surface area contributed by atoms with Gasteiger partial charge in [0.2, 0.25) is 0 Å². The SMILES string of the molecule is O=C(O)C(c1c[nH]c2cc(Br)ccc12)N1CCN(Cc2ccc(Cl)cc2Cl)CC1. The minimum atomic E-state index is -0.831. The van der Waals surface area contributed by atoms with Crippen LogP contribution in [0, 0.1) is 0 Å². The standard InChI is InChI=1S/C21H20BrCl2N3O2/c22-14-2-4-16-17(11-25-19(16)9-14)20(21(28)29)27-7-5-26(6-8-27)12-13-1-3-15(23)10-18(13)24/h1-4,9-11,20,25H,5-8,12H2,(H,28,29). The lowest BCUT2D eigenvalue weighted by molar-refractivity contribution is -0.144. The molecule has 0 bridgehead atoms. The molecule has 152 valence electrons. The first-order valence-corrected chi connectivity index (χ1v) is 10.9. The summed E-state index contributed by atoms with van der Waals surface area (Å²) in [6, 6.07) is 10.7. The van der Waals surface area contributed by atoms with E-state index in [4.69, 9.17) is 23.2 Å². The van der Waals surface area contributed by atoms with Crippen LogP contribution in [0.4, 0.5) is 0 Å². The van der Waals surface area contributed by atoms with E-state index in [1.54, 1.807) is 6.07 Å². The van der Waals surface area contributed by atoms with E-state index in [2.05, 4.69) is 25.8 Å². The number of rotatable bonds is 5. The second-order valence-corrected chi connectivity index (χ2v) is 8.98. The third-order valence-electron chi connectivity index (χ3n) is 5.39. The topological polar surface area (TPSA) is 59.6 Å². The van der Waals surface area contributed by atoms with Crippen LogP contribution in [-0.2, 0) is 11.3 Å². The summed E-state index contributed by atoms with van der Waals surface area (Å²) in [6.07, 6.45) is 1.82. The number of aromatic amines is 1. The van der Waals surface area contributed by atoms with Crippen LogP contribution in [-0.4, -0.2) is 52.0 Å². The maximum absolute atomic E-state index is 12.1. The van der Waals surface area contributed by atoms with Gasteiger partial charge in [0.1, 0.15) is 6.04 Å². The fraction of sp³-hybridized carbons (Fsp3) is 0.286. The molecule has 0 aliphatic carbocycles. The third-order valence-corrected chi connectivity index (χ3v) is 6.47. The summed E-state index contributed by atoms with van der Waals surface area (Å²) in [5, 5.41) is 12.2. The first-order valence-electron chi connectivity index (χ1n) is 9.32. The molecular formula is C21H20BrCl2N3O2. The number of carboxylic acids is 1. The van der Waals surface area contributed by atoms with Crippen LogP contribution in [0.3, 0.4) is 0 Å². The average molecular weight is 497 g/mol. The lowest BCUT2D eigenvalue weighted by Gasteiger charge is -2.37. The Morgan fingerprint density at radius 2 is 1.90 bits per heavy atom. The first-order chi connectivity index (χ1) is 13.9. The summed E-state index contributed by atoms with van der Waals surface area (Å²) in [5.41, 5.74) is 2.76. The van der Waals surface area contributed by atoms with Crippen molar-refractivity contribution in [1.29, 1.82) is 0 Å². The maximum Gasteiger partial charge on any atom is 0.325 e. The number of fused-ring (bicyclic) bond motifs is 1. The Bertz CT molecular complexity index is 1050. The van der Waals surface area contributed by atoms with Crippen LogP contribution in [0.5, 0.6) is 0 Å². The van der Waals surface area contributed by atoms with Crippen molar-refractivity contribution in [3.05, 3.63) is 68.2 Å².